The maximum atomic E-state index is 11.3. The quantitative estimate of drug-likeness (QED) is 0.914. The Morgan fingerprint density at radius 1 is 1.26 bits per heavy atom. The Hall–Kier alpha value is -2.15. The number of carboxylic acid groups (broad SMARTS) is 1. The van der Waals surface area contributed by atoms with E-state index in [9.17, 15) is 13.2 Å². The second-order valence-corrected chi connectivity index (χ2v) is 6.17. The van der Waals surface area contributed by atoms with Crippen LogP contribution in [0, 0.1) is 6.92 Å². The molecule has 2 aromatic rings. The van der Waals surface area contributed by atoms with Crippen LogP contribution in [0.3, 0.4) is 0 Å². The minimum Gasteiger partial charge on any atom is -0.477 e. The molecule has 0 spiro atoms. The fourth-order valence-corrected chi connectivity index (χ4v) is 2.31. The predicted molar refractivity (Wildman–Crippen MR) is 68.4 cm³/mol. The van der Waals surface area contributed by atoms with Crippen molar-refractivity contribution in [2.75, 3.05) is 6.26 Å². The van der Waals surface area contributed by atoms with Crippen LogP contribution in [0.2, 0.25) is 0 Å². The molecule has 0 saturated carbocycles. The molecule has 0 unspecified atom stereocenters. The highest BCUT2D eigenvalue weighted by Gasteiger charge is 2.14. The molecule has 0 aliphatic heterocycles. The van der Waals surface area contributed by atoms with Crippen LogP contribution >= 0.6 is 0 Å². The van der Waals surface area contributed by atoms with Gasteiger partial charge in [-0.3, -0.25) is 0 Å². The molecule has 19 heavy (non-hydrogen) atoms. The largest absolute Gasteiger partial charge is 0.477 e. The first-order valence-corrected chi connectivity index (χ1v) is 7.28. The van der Waals surface area contributed by atoms with Gasteiger partial charge in [-0.05, 0) is 37.3 Å². The van der Waals surface area contributed by atoms with Gasteiger partial charge in [0.2, 0.25) is 0 Å². The van der Waals surface area contributed by atoms with E-state index in [1.165, 1.54) is 35.0 Å². The molecule has 7 heteroatoms. The summed E-state index contributed by atoms with van der Waals surface area (Å²) in [5.41, 5.74) is 1.10. The van der Waals surface area contributed by atoms with Gasteiger partial charge < -0.3 is 5.11 Å². The lowest BCUT2D eigenvalue weighted by atomic mass is 10.3. The van der Waals surface area contributed by atoms with Crippen molar-refractivity contribution in [1.82, 2.24) is 9.78 Å². The molecule has 0 radical (unpaired) electrons. The number of sulfone groups is 1. The summed E-state index contributed by atoms with van der Waals surface area (Å²) in [6.45, 7) is 1.69. The van der Waals surface area contributed by atoms with Gasteiger partial charge in [0.1, 0.15) is 0 Å². The highest BCUT2D eigenvalue weighted by molar-refractivity contribution is 7.90. The van der Waals surface area contributed by atoms with Gasteiger partial charge in [-0.1, -0.05) is 0 Å². The molecule has 1 aromatic carbocycles. The van der Waals surface area contributed by atoms with Crippen molar-refractivity contribution in [2.45, 2.75) is 11.8 Å². The van der Waals surface area contributed by atoms with Crippen LogP contribution in [0.1, 0.15) is 16.2 Å². The lowest BCUT2D eigenvalue weighted by Gasteiger charge is -2.05. The highest BCUT2D eigenvalue weighted by Crippen LogP contribution is 2.16. The van der Waals surface area contributed by atoms with E-state index in [1.54, 1.807) is 6.92 Å². The van der Waals surface area contributed by atoms with Gasteiger partial charge in [0.25, 0.3) is 0 Å². The summed E-state index contributed by atoms with van der Waals surface area (Å²) in [4.78, 5) is 11.3. The van der Waals surface area contributed by atoms with E-state index < -0.39 is 15.8 Å². The van der Waals surface area contributed by atoms with Crippen molar-refractivity contribution >= 4 is 15.8 Å². The second kappa shape index (κ2) is 4.51. The fraction of sp³-hybridized carbons (Fsp3) is 0.167. The van der Waals surface area contributed by atoms with E-state index in [0.717, 1.165) is 6.26 Å². The van der Waals surface area contributed by atoms with Crippen LogP contribution in [0.4, 0.5) is 0 Å². The molecule has 1 heterocycles. The first-order chi connectivity index (χ1) is 8.79. The van der Waals surface area contributed by atoms with E-state index in [2.05, 4.69) is 5.10 Å². The summed E-state index contributed by atoms with van der Waals surface area (Å²) < 4.78 is 24.0. The van der Waals surface area contributed by atoms with Crippen LogP contribution < -0.4 is 0 Å². The van der Waals surface area contributed by atoms with Gasteiger partial charge >= 0.3 is 5.97 Å². The molecule has 0 bridgehead atoms. The Kier molecular flexibility index (Phi) is 3.15. The summed E-state index contributed by atoms with van der Waals surface area (Å²) in [7, 11) is -3.27. The maximum absolute atomic E-state index is 11.3. The fourth-order valence-electron chi connectivity index (χ4n) is 1.68. The number of benzene rings is 1. The molecular weight excluding hydrogens is 268 g/mol. The molecule has 0 aliphatic carbocycles. The van der Waals surface area contributed by atoms with E-state index in [1.807, 2.05) is 0 Å². The molecule has 6 nitrogen and oxygen atoms in total. The Morgan fingerprint density at radius 2 is 1.84 bits per heavy atom. The summed E-state index contributed by atoms with van der Waals surface area (Å²) in [5, 5.41) is 13.1. The molecule has 100 valence electrons. The smallest absolute Gasteiger partial charge is 0.354 e. The van der Waals surface area contributed by atoms with Crippen molar-refractivity contribution in [2.24, 2.45) is 0 Å². The van der Waals surface area contributed by atoms with E-state index in [-0.39, 0.29) is 10.6 Å². The van der Waals surface area contributed by atoms with Crippen molar-refractivity contribution in [3.63, 3.8) is 0 Å². The van der Waals surface area contributed by atoms with Gasteiger partial charge in [-0.25, -0.2) is 17.9 Å². The number of aromatic nitrogens is 2. The molecule has 1 N–H and O–H groups in total. The zero-order valence-electron chi connectivity index (χ0n) is 10.4. The lowest BCUT2D eigenvalue weighted by molar-refractivity contribution is 0.0687. The molecule has 0 fully saturated rings. The van der Waals surface area contributed by atoms with Crippen molar-refractivity contribution in [3.05, 3.63) is 41.7 Å². The topological polar surface area (TPSA) is 89.3 Å². The molecule has 1 aromatic heterocycles. The van der Waals surface area contributed by atoms with Crippen molar-refractivity contribution < 1.29 is 18.3 Å². The Bertz CT molecular complexity index is 730. The van der Waals surface area contributed by atoms with E-state index in [4.69, 9.17) is 5.11 Å². The van der Waals surface area contributed by atoms with Gasteiger partial charge in [0.05, 0.1) is 16.3 Å². The van der Waals surface area contributed by atoms with Gasteiger partial charge in [0, 0.05) is 6.26 Å². The summed E-state index contributed by atoms with van der Waals surface area (Å²) in [6.07, 6.45) is 1.11. The van der Waals surface area contributed by atoms with Gasteiger partial charge in [-0.15, -0.1) is 0 Å². The molecule has 0 saturated heterocycles. The van der Waals surface area contributed by atoms with Crippen LogP contribution in [0.25, 0.3) is 5.69 Å². The average Bonchev–Trinajstić information content (AvgIpc) is 2.70. The number of hydrogen-bond donors (Lipinski definition) is 1. The van der Waals surface area contributed by atoms with E-state index >= 15 is 0 Å². The van der Waals surface area contributed by atoms with Crippen LogP contribution in [0.15, 0.2) is 35.2 Å². The van der Waals surface area contributed by atoms with Gasteiger partial charge in [-0.2, -0.15) is 5.10 Å². The summed E-state index contributed by atoms with van der Waals surface area (Å²) >= 11 is 0. The maximum Gasteiger partial charge on any atom is 0.354 e. The Labute approximate surface area is 110 Å². The van der Waals surface area contributed by atoms with Crippen LogP contribution in [-0.4, -0.2) is 35.5 Å². The second-order valence-electron chi connectivity index (χ2n) is 4.15. The monoisotopic (exact) mass is 280 g/mol. The predicted octanol–water partition coefficient (Wildman–Crippen LogP) is 1.28. The number of hydrogen-bond acceptors (Lipinski definition) is 4. The zero-order chi connectivity index (χ0) is 14.2. The molecule has 0 amide bonds. The number of carbonyl (C=O) groups is 1. The highest BCUT2D eigenvalue weighted by atomic mass is 32.2. The summed E-state index contributed by atoms with van der Waals surface area (Å²) in [6, 6.07) is 7.35. The minimum atomic E-state index is -3.27. The van der Waals surface area contributed by atoms with Crippen LogP contribution in [0.5, 0.6) is 0 Å². The zero-order valence-corrected chi connectivity index (χ0v) is 11.2. The standard InChI is InChI=1S/C12H12N2O4S/c1-8-7-11(12(15)16)14(13-8)9-3-5-10(6-4-9)19(2,17)18/h3-7H,1-2H3,(H,15,16). The lowest BCUT2D eigenvalue weighted by Crippen LogP contribution is -2.08. The molecule has 0 atom stereocenters. The third-order valence-electron chi connectivity index (χ3n) is 2.56. The first kappa shape index (κ1) is 13.3. The van der Waals surface area contributed by atoms with Crippen LogP contribution in [-0.2, 0) is 9.84 Å². The summed E-state index contributed by atoms with van der Waals surface area (Å²) in [5.74, 6) is -1.09. The SMILES string of the molecule is Cc1cc(C(=O)O)n(-c2ccc(S(C)(=O)=O)cc2)n1. The van der Waals surface area contributed by atoms with E-state index in [0.29, 0.717) is 11.4 Å². The average molecular weight is 280 g/mol. The number of aromatic carboxylic acids is 1. The first-order valence-electron chi connectivity index (χ1n) is 5.39. The Balaban J connectivity index is 2.52. The molecule has 0 aliphatic rings. The third-order valence-corrected chi connectivity index (χ3v) is 3.69. The van der Waals surface area contributed by atoms with Gasteiger partial charge in [0.15, 0.2) is 15.5 Å². The van der Waals surface area contributed by atoms with Crippen molar-refractivity contribution in [3.8, 4) is 5.69 Å². The minimum absolute atomic E-state index is 0.0320. The number of rotatable bonds is 3. The number of aryl methyl sites for hydroxylation is 1. The molecular formula is C12H12N2O4S. The normalized spacial score (nSPS) is 11.5. The third kappa shape index (κ3) is 2.65. The molecule has 2 rings (SSSR count). The van der Waals surface area contributed by atoms with Crippen molar-refractivity contribution in [1.29, 1.82) is 0 Å². The number of nitrogens with zero attached hydrogens (tertiary/aromatic N) is 2. The number of carboxylic acids is 1. The Morgan fingerprint density at radius 3 is 2.32 bits per heavy atom.